The average molecular weight is 310 g/mol. The molecule has 0 saturated carbocycles. The third-order valence-corrected chi connectivity index (χ3v) is 3.36. The van der Waals surface area contributed by atoms with Crippen molar-refractivity contribution < 1.29 is 14.0 Å². The number of benzene rings is 2. The van der Waals surface area contributed by atoms with E-state index in [0.717, 1.165) is 23.5 Å². The molecule has 5 nitrogen and oxygen atoms in total. The Morgan fingerprint density at radius 1 is 0.957 bits per heavy atom. The molecule has 118 valence electrons. The van der Waals surface area contributed by atoms with Crippen LogP contribution >= 0.6 is 0 Å². The van der Waals surface area contributed by atoms with E-state index < -0.39 is 0 Å². The molecule has 5 heteroatoms. The molecule has 1 aromatic heterocycles. The van der Waals surface area contributed by atoms with Gasteiger partial charge in [-0.3, -0.25) is 0 Å². The van der Waals surface area contributed by atoms with Crippen LogP contribution in [0.5, 0.6) is 11.5 Å². The molecule has 23 heavy (non-hydrogen) atoms. The number of para-hydroxylation sites is 1. The largest absolute Gasteiger partial charge is 0.497 e. The number of hydrogen-bond donors (Lipinski definition) is 0. The van der Waals surface area contributed by atoms with Gasteiger partial charge < -0.3 is 14.0 Å². The SMILES string of the molecule is COc1ccc(-c2noc(CCCOc3ccccc3)n2)cc1. The van der Waals surface area contributed by atoms with Gasteiger partial charge in [0, 0.05) is 12.0 Å². The lowest BCUT2D eigenvalue weighted by Crippen LogP contribution is -1.99. The van der Waals surface area contributed by atoms with Crippen LogP contribution < -0.4 is 9.47 Å². The number of hydrogen-bond acceptors (Lipinski definition) is 5. The molecule has 0 aliphatic heterocycles. The molecule has 0 bridgehead atoms. The fourth-order valence-electron chi connectivity index (χ4n) is 2.14. The molecule has 0 atom stereocenters. The lowest BCUT2D eigenvalue weighted by atomic mass is 10.2. The van der Waals surface area contributed by atoms with Gasteiger partial charge in [0.15, 0.2) is 0 Å². The average Bonchev–Trinajstić information content (AvgIpc) is 3.09. The third kappa shape index (κ3) is 4.10. The highest BCUT2D eigenvalue weighted by molar-refractivity contribution is 5.55. The predicted octanol–water partition coefficient (Wildman–Crippen LogP) is 3.76. The number of ether oxygens (including phenoxy) is 2. The van der Waals surface area contributed by atoms with Crippen molar-refractivity contribution in [3.63, 3.8) is 0 Å². The van der Waals surface area contributed by atoms with Crippen LogP contribution in [0, 0.1) is 0 Å². The maximum Gasteiger partial charge on any atom is 0.227 e. The maximum absolute atomic E-state index is 5.64. The Balaban J connectivity index is 1.51. The van der Waals surface area contributed by atoms with Crippen molar-refractivity contribution in [3.8, 4) is 22.9 Å². The molecule has 0 unspecified atom stereocenters. The zero-order valence-electron chi connectivity index (χ0n) is 12.9. The molecule has 0 aliphatic rings. The molecular weight excluding hydrogens is 292 g/mol. The highest BCUT2D eigenvalue weighted by Gasteiger charge is 2.08. The molecule has 0 amide bonds. The van der Waals surface area contributed by atoms with Crippen LogP contribution in [0.15, 0.2) is 59.1 Å². The lowest BCUT2D eigenvalue weighted by Gasteiger charge is -2.03. The van der Waals surface area contributed by atoms with Gasteiger partial charge in [-0.25, -0.2) is 0 Å². The van der Waals surface area contributed by atoms with E-state index in [4.69, 9.17) is 14.0 Å². The van der Waals surface area contributed by atoms with Crippen LogP contribution in [-0.4, -0.2) is 23.9 Å². The molecule has 0 spiro atoms. The summed E-state index contributed by atoms with van der Waals surface area (Å²) >= 11 is 0. The van der Waals surface area contributed by atoms with Crippen LogP contribution in [-0.2, 0) is 6.42 Å². The first-order chi connectivity index (χ1) is 11.3. The van der Waals surface area contributed by atoms with Crippen molar-refractivity contribution in [3.05, 3.63) is 60.5 Å². The summed E-state index contributed by atoms with van der Waals surface area (Å²) in [4.78, 5) is 4.41. The van der Waals surface area contributed by atoms with Crippen LogP contribution in [0.25, 0.3) is 11.4 Å². The second-order valence-corrected chi connectivity index (χ2v) is 5.01. The number of aryl methyl sites for hydroxylation is 1. The number of nitrogens with zero attached hydrogens (tertiary/aromatic N) is 2. The lowest BCUT2D eigenvalue weighted by molar-refractivity contribution is 0.298. The quantitative estimate of drug-likeness (QED) is 0.622. The summed E-state index contributed by atoms with van der Waals surface area (Å²) in [6.07, 6.45) is 1.51. The zero-order valence-corrected chi connectivity index (χ0v) is 12.9. The van der Waals surface area contributed by atoms with Gasteiger partial charge in [0.2, 0.25) is 11.7 Å². The van der Waals surface area contributed by atoms with E-state index in [2.05, 4.69) is 10.1 Å². The van der Waals surface area contributed by atoms with Crippen molar-refractivity contribution in [2.75, 3.05) is 13.7 Å². The number of methoxy groups -OCH3 is 1. The van der Waals surface area contributed by atoms with Gasteiger partial charge in [0.1, 0.15) is 11.5 Å². The summed E-state index contributed by atoms with van der Waals surface area (Å²) < 4.78 is 16.1. The Morgan fingerprint density at radius 2 is 1.74 bits per heavy atom. The minimum Gasteiger partial charge on any atom is -0.497 e. The summed E-state index contributed by atoms with van der Waals surface area (Å²) in [5.41, 5.74) is 0.904. The van der Waals surface area contributed by atoms with E-state index in [1.54, 1.807) is 7.11 Å². The van der Waals surface area contributed by atoms with Crippen LogP contribution in [0.4, 0.5) is 0 Å². The van der Waals surface area contributed by atoms with Gasteiger partial charge in [0.05, 0.1) is 13.7 Å². The van der Waals surface area contributed by atoms with Crippen LogP contribution in [0.1, 0.15) is 12.3 Å². The van der Waals surface area contributed by atoms with E-state index in [0.29, 0.717) is 24.7 Å². The topological polar surface area (TPSA) is 57.4 Å². The third-order valence-electron chi connectivity index (χ3n) is 3.36. The smallest absolute Gasteiger partial charge is 0.227 e. The first-order valence-corrected chi connectivity index (χ1v) is 7.50. The van der Waals surface area contributed by atoms with Gasteiger partial charge in [0.25, 0.3) is 0 Å². The molecule has 2 aromatic carbocycles. The summed E-state index contributed by atoms with van der Waals surface area (Å²) in [5, 5.41) is 4.01. The van der Waals surface area contributed by atoms with Crippen molar-refractivity contribution in [2.24, 2.45) is 0 Å². The fraction of sp³-hybridized carbons (Fsp3) is 0.222. The standard InChI is InChI=1S/C18H18N2O3/c1-21-15-11-9-14(10-12-15)18-19-17(23-20-18)8-5-13-22-16-6-3-2-4-7-16/h2-4,6-7,9-12H,5,8,13H2,1H3. The molecule has 3 rings (SSSR count). The summed E-state index contributed by atoms with van der Waals surface area (Å²) in [7, 11) is 1.64. The Labute approximate surface area is 134 Å². The molecular formula is C18H18N2O3. The zero-order chi connectivity index (χ0) is 15.9. The van der Waals surface area contributed by atoms with Crippen LogP contribution in [0.2, 0.25) is 0 Å². The molecule has 0 radical (unpaired) electrons. The number of rotatable bonds is 7. The van der Waals surface area contributed by atoms with Crippen molar-refractivity contribution >= 4 is 0 Å². The second kappa shape index (κ2) is 7.45. The van der Waals surface area contributed by atoms with Gasteiger partial charge in [-0.1, -0.05) is 23.4 Å². The fourth-order valence-corrected chi connectivity index (χ4v) is 2.14. The molecule has 3 aromatic rings. The molecule has 0 aliphatic carbocycles. The molecule has 0 saturated heterocycles. The first kappa shape index (κ1) is 15.1. The normalized spacial score (nSPS) is 10.5. The van der Waals surface area contributed by atoms with E-state index in [-0.39, 0.29) is 0 Å². The maximum atomic E-state index is 5.64. The Bertz CT molecular complexity index is 724. The Kier molecular flexibility index (Phi) is 4.88. The van der Waals surface area contributed by atoms with Crippen molar-refractivity contribution in [2.45, 2.75) is 12.8 Å². The highest BCUT2D eigenvalue weighted by atomic mass is 16.5. The van der Waals surface area contributed by atoms with E-state index in [9.17, 15) is 0 Å². The van der Waals surface area contributed by atoms with Crippen molar-refractivity contribution in [1.29, 1.82) is 0 Å². The second-order valence-electron chi connectivity index (χ2n) is 5.01. The molecule has 0 fully saturated rings. The van der Waals surface area contributed by atoms with Gasteiger partial charge >= 0.3 is 0 Å². The summed E-state index contributed by atoms with van der Waals surface area (Å²) in [6, 6.07) is 17.3. The first-order valence-electron chi connectivity index (χ1n) is 7.50. The predicted molar refractivity (Wildman–Crippen MR) is 86.5 cm³/mol. The van der Waals surface area contributed by atoms with E-state index in [1.165, 1.54) is 0 Å². The van der Waals surface area contributed by atoms with Gasteiger partial charge in [-0.2, -0.15) is 4.98 Å². The van der Waals surface area contributed by atoms with Crippen molar-refractivity contribution in [1.82, 2.24) is 10.1 Å². The molecule has 1 heterocycles. The minimum absolute atomic E-state index is 0.589. The Hall–Kier alpha value is -2.82. The summed E-state index contributed by atoms with van der Waals surface area (Å²) in [6.45, 7) is 0.615. The van der Waals surface area contributed by atoms with Crippen LogP contribution in [0.3, 0.4) is 0 Å². The number of aromatic nitrogens is 2. The highest BCUT2D eigenvalue weighted by Crippen LogP contribution is 2.20. The van der Waals surface area contributed by atoms with E-state index >= 15 is 0 Å². The Morgan fingerprint density at radius 3 is 2.48 bits per heavy atom. The van der Waals surface area contributed by atoms with Gasteiger partial charge in [-0.15, -0.1) is 0 Å². The summed E-state index contributed by atoms with van der Waals surface area (Å²) in [5.74, 6) is 2.88. The molecule has 0 N–H and O–H groups in total. The van der Waals surface area contributed by atoms with Gasteiger partial charge in [-0.05, 0) is 42.8 Å². The monoisotopic (exact) mass is 310 g/mol. The minimum atomic E-state index is 0.589. The van der Waals surface area contributed by atoms with E-state index in [1.807, 2.05) is 54.6 Å².